The smallest absolute Gasteiger partial charge is 0.262 e. The van der Waals surface area contributed by atoms with Crippen LogP contribution in [-0.4, -0.2) is 28.2 Å². The highest BCUT2D eigenvalue weighted by atomic mass is 32.2. The van der Waals surface area contributed by atoms with Crippen molar-refractivity contribution in [2.24, 2.45) is 0 Å². The molecular formula is C22H20FN5O3S. The first-order valence-electron chi connectivity index (χ1n) is 9.64. The molecule has 0 spiro atoms. The van der Waals surface area contributed by atoms with Crippen molar-refractivity contribution >= 4 is 15.7 Å². The van der Waals surface area contributed by atoms with Crippen LogP contribution in [-0.2, 0) is 10.0 Å². The average Bonchev–Trinajstić information content (AvgIpc) is 3.07. The van der Waals surface area contributed by atoms with Gasteiger partial charge in [0.25, 0.3) is 10.0 Å². The average molecular weight is 453 g/mol. The summed E-state index contributed by atoms with van der Waals surface area (Å²) in [7, 11) is -3.86. The lowest BCUT2D eigenvalue weighted by molar-refractivity contribution is 0.460. The van der Waals surface area contributed by atoms with Crippen molar-refractivity contribution in [2.45, 2.75) is 25.7 Å². The maximum absolute atomic E-state index is 13.3. The van der Waals surface area contributed by atoms with Gasteiger partial charge in [0.1, 0.15) is 17.9 Å². The van der Waals surface area contributed by atoms with Crippen molar-refractivity contribution in [1.29, 1.82) is 0 Å². The zero-order valence-corrected chi connectivity index (χ0v) is 18.4. The van der Waals surface area contributed by atoms with Gasteiger partial charge in [0.05, 0.1) is 10.6 Å². The van der Waals surface area contributed by atoms with Crippen molar-refractivity contribution in [1.82, 2.24) is 19.7 Å². The van der Waals surface area contributed by atoms with Crippen LogP contribution in [0, 0.1) is 26.6 Å². The molecule has 1 N–H and O–H groups in total. The van der Waals surface area contributed by atoms with Crippen LogP contribution in [0.4, 0.5) is 10.1 Å². The third kappa shape index (κ3) is 4.59. The number of halogens is 1. The largest absolute Gasteiger partial charge is 0.439 e. The summed E-state index contributed by atoms with van der Waals surface area (Å²) in [6.45, 7) is 5.36. The molecule has 0 aliphatic heterocycles. The van der Waals surface area contributed by atoms with Crippen molar-refractivity contribution in [3.63, 3.8) is 0 Å². The Morgan fingerprint density at radius 2 is 1.72 bits per heavy atom. The summed E-state index contributed by atoms with van der Waals surface area (Å²) < 4.78 is 48.5. The molecule has 2 aromatic heterocycles. The normalized spacial score (nSPS) is 11.4. The van der Waals surface area contributed by atoms with Gasteiger partial charge in [0, 0.05) is 17.4 Å². The summed E-state index contributed by atoms with van der Waals surface area (Å²) in [4.78, 5) is 8.36. The van der Waals surface area contributed by atoms with Gasteiger partial charge in [-0.2, -0.15) is 5.10 Å². The summed E-state index contributed by atoms with van der Waals surface area (Å²) in [5.41, 5.74) is 2.46. The summed E-state index contributed by atoms with van der Waals surface area (Å²) in [5, 5.41) is 4.40. The third-order valence-electron chi connectivity index (χ3n) is 4.61. The van der Waals surface area contributed by atoms with E-state index >= 15 is 0 Å². The summed E-state index contributed by atoms with van der Waals surface area (Å²) in [5.74, 6) is 0.857. The number of aromatic nitrogens is 4. The van der Waals surface area contributed by atoms with Gasteiger partial charge < -0.3 is 4.74 Å². The Kier molecular flexibility index (Phi) is 5.62. The maximum Gasteiger partial charge on any atom is 0.262 e. The van der Waals surface area contributed by atoms with Crippen molar-refractivity contribution in [3.8, 4) is 17.4 Å². The molecule has 0 saturated heterocycles. The number of ether oxygens (including phenoxy) is 1. The highest BCUT2D eigenvalue weighted by Crippen LogP contribution is 2.25. The van der Waals surface area contributed by atoms with Crippen LogP contribution < -0.4 is 9.46 Å². The molecule has 2 heterocycles. The number of aryl methyl sites for hydroxylation is 3. The van der Waals surface area contributed by atoms with Gasteiger partial charge in [-0.1, -0.05) is 0 Å². The SMILES string of the molecule is Cc1cc(C)n(-c2cc(Oc3ccc(NS(=O)(=O)c4ccc(F)cc4C)cc3)ncn2)n1. The van der Waals surface area contributed by atoms with E-state index in [1.165, 1.54) is 25.4 Å². The lowest BCUT2D eigenvalue weighted by Gasteiger charge is -2.11. The maximum atomic E-state index is 13.3. The zero-order valence-electron chi connectivity index (χ0n) is 17.6. The highest BCUT2D eigenvalue weighted by Gasteiger charge is 2.17. The van der Waals surface area contributed by atoms with Gasteiger partial charge >= 0.3 is 0 Å². The number of hydrogen-bond donors (Lipinski definition) is 1. The van der Waals surface area contributed by atoms with E-state index in [-0.39, 0.29) is 4.90 Å². The second-order valence-electron chi connectivity index (χ2n) is 7.20. The second kappa shape index (κ2) is 8.39. The minimum atomic E-state index is -3.86. The molecule has 8 nitrogen and oxygen atoms in total. The van der Waals surface area contributed by atoms with Crippen LogP contribution in [0.3, 0.4) is 0 Å². The van der Waals surface area contributed by atoms with Gasteiger partial charge in [-0.3, -0.25) is 4.72 Å². The Morgan fingerprint density at radius 3 is 2.38 bits per heavy atom. The van der Waals surface area contributed by atoms with E-state index < -0.39 is 15.8 Å². The molecule has 0 radical (unpaired) electrons. The van der Waals surface area contributed by atoms with Crippen LogP contribution in [0.25, 0.3) is 5.82 Å². The number of sulfonamides is 1. The number of nitrogens with zero attached hydrogens (tertiary/aromatic N) is 4. The van der Waals surface area contributed by atoms with E-state index in [4.69, 9.17) is 4.74 Å². The molecule has 32 heavy (non-hydrogen) atoms. The van der Waals surface area contributed by atoms with Crippen LogP contribution in [0.15, 0.2) is 65.8 Å². The fourth-order valence-corrected chi connectivity index (χ4v) is 4.48. The predicted octanol–water partition coefficient (Wildman–Crippen LogP) is 4.32. The van der Waals surface area contributed by atoms with E-state index in [1.54, 1.807) is 35.0 Å². The molecule has 4 aromatic rings. The molecule has 0 aliphatic carbocycles. The number of hydrogen-bond acceptors (Lipinski definition) is 6. The molecule has 0 bridgehead atoms. The van der Waals surface area contributed by atoms with Crippen molar-refractivity contribution < 1.29 is 17.5 Å². The quantitative estimate of drug-likeness (QED) is 0.467. The Morgan fingerprint density at radius 1 is 0.969 bits per heavy atom. The Labute approximate surface area is 184 Å². The summed E-state index contributed by atoms with van der Waals surface area (Å²) in [6.07, 6.45) is 1.38. The first kappa shape index (κ1) is 21.4. The van der Waals surface area contributed by atoms with Gasteiger partial charge in [-0.25, -0.2) is 27.5 Å². The van der Waals surface area contributed by atoms with Gasteiger partial charge in [-0.15, -0.1) is 0 Å². The van der Waals surface area contributed by atoms with Crippen LogP contribution in [0.1, 0.15) is 17.0 Å². The van der Waals surface area contributed by atoms with Crippen LogP contribution >= 0.6 is 0 Å². The van der Waals surface area contributed by atoms with E-state index in [0.717, 1.165) is 17.5 Å². The second-order valence-corrected chi connectivity index (χ2v) is 8.85. The number of nitrogens with one attached hydrogen (secondary N) is 1. The van der Waals surface area contributed by atoms with Gasteiger partial charge in [0.2, 0.25) is 5.88 Å². The summed E-state index contributed by atoms with van der Waals surface area (Å²) >= 11 is 0. The first-order chi connectivity index (χ1) is 15.2. The zero-order chi connectivity index (χ0) is 22.9. The Bertz CT molecular complexity index is 1390. The fourth-order valence-electron chi connectivity index (χ4n) is 3.20. The minimum absolute atomic E-state index is 0.0110. The molecule has 164 valence electrons. The number of anilines is 1. The van der Waals surface area contributed by atoms with Gasteiger partial charge in [-0.05, 0) is 74.9 Å². The molecule has 2 aromatic carbocycles. The standard InChI is InChI=1S/C22H20FN5O3S/c1-14-10-17(23)4-9-20(14)32(29,30)27-18-5-7-19(8-6-18)31-22-12-21(24-13-25-22)28-16(3)11-15(2)26-28/h4-13,27H,1-3H3. The fraction of sp³-hybridized carbons (Fsp3) is 0.136. The third-order valence-corrected chi connectivity index (χ3v) is 6.15. The molecule has 0 amide bonds. The van der Waals surface area contributed by atoms with Crippen LogP contribution in [0.5, 0.6) is 11.6 Å². The number of rotatable bonds is 6. The number of benzene rings is 2. The molecule has 0 atom stereocenters. The monoisotopic (exact) mass is 453 g/mol. The lowest BCUT2D eigenvalue weighted by Crippen LogP contribution is -2.14. The summed E-state index contributed by atoms with van der Waals surface area (Å²) in [6, 6.07) is 13.5. The molecule has 4 rings (SSSR count). The van der Waals surface area contributed by atoms with E-state index in [2.05, 4.69) is 19.8 Å². The van der Waals surface area contributed by atoms with Crippen molar-refractivity contribution in [2.75, 3.05) is 4.72 Å². The van der Waals surface area contributed by atoms with E-state index in [0.29, 0.717) is 28.7 Å². The Hall–Kier alpha value is -3.79. The Balaban J connectivity index is 1.50. The minimum Gasteiger partial charge on any atom is -0.439 e. The van der Waals surface area contributed by atoms with Gasteiger partial charge in [0.15, 0.2) is 5.82 Å². The molecule has 10 heteroatoms. The molecule has 0 fully saturated rings. The van der Waals surface area contributed by atoms with Crippen LogP contribution in [0.2, 0.25) is 0 Å². The van der Waals surface area contributed by atoms with E-state index in [1.807, 2.05) is 19.9 Å². The van der Waals surface area contributed by atoms with E-state index in [9.17, 15) is 12.8 Å². The molecular weight excluding hydrogens is 433 g/mol. The topological polar surface area (TPSA) is 99.0 Å². The molecule has 0 saturated carbocycles. The lowest BCUT2D eigenvalue weighted by atomic mass is 10.2. The predicted molar refractivity (Wildman–Crippen MR) is 117 cm³/mol. The highest BCUT2D eigenvalue weighted by molar-refractivity contribution is 7.92. The van der Waals surface area contributed by atoms with Crippen molar-refractivity contribution in [3.05, 3.63) is 83.7 Å². The molecule has 0 unspecified atom stereocenters. The molecule has 0 aliphatic rings. The first-order valence-corrected chi connectivity index (χ1v) is 11.1.